The van der Waals surface area contributed by atoms with E-state index in [4.69, 9.17) is 15.7 Å². The van der Waals surface area contributed by atoms with Gasteiger partial charge in [-0.3, -0.25) is 0 Å². The molecule has 0 radical (unpaired) electrons. The van der Waals surface area contributed by atoms with Crippen LogP contribution in [0.1, 0.15) is 0 Å². The smallest absolute Gasteiger partial charge is 0.255 e. The van der Waals surface area contributed by atoms with Crippen LogP contribution in [0.25, 0.3) is 0 Å². The van der Waals surface area contributed by atoms with Crippen molar-refractivity contribution in [1.82, 2.24) is 0 Å². The third-order valence-corrected chi connectivity index (χ3v) is 0.312. The van der Waals surface area contributed by atoms with Crippen molar-refractivity contribution in [2.45, 2.75) is 0 Å². The summed E-state index contributed by atoms with van der Waals surface area (Å²) in [6.45, 7) is 0. The zero-order chi connectivity index (χ0) is 5.70. The van der Waals surface area contributed by atoms with Gasteiger partial charge >= 0.3 is 0 Å². The van der Waals surface area contributed by atoms with E-state index in [-0.39, 0.29) is 0 Å². The fraction of sp³-hybridized carbons (Fsp3) is 0. The Hall–Kier alpha value is -1.55. The van der Waals surface area contributed by atoms with Crippen molar-refractivity contribution < 1.29 is 5.21 Å². The van der Waals surface area contributed by atoms with E-state index in [1.807, 2.05) is 0 Å². The molecule has 0 spiro atoms. The fourth-order valence-electron chi connectivity index (χ4n) is 0.0697. The van der Waals surface area contributed by atoms with Crippen LogP contribution in [0.5, 0.6) is 0 Å². The molecular formula is C3HN3O. The molecule has 0 aliphatic heterocycles. The van der Waals surface area contributed by atoms with Gasteiger partial charge in [0.1, 0.15) is 12.1 Å². The number of rotatable bonds is 0. The van der Waals surface area contributed by atoms with Crippen molar-refractivity contribution in [2.75, 3.05) is 0 Å². The highest BCUT2D eigenvalue weighted by Gasteiger charge is 1.87. The lowest BCUT2D eigenvalue weighted by Gasteiger charge is -1.66. The van der Waals surface area contributed by atoms with Crippen LogP contribution in [0.15, 0.2) is 5.16 Å². The Bertz CT molecular complexity index is 142. The molecule has 0 amide bonds. The summed E-state index contributed by atoms with van der Waals surface area (Å²) < 4.78 is 0. The Labute approximate surface area is 39.9 Å². The first-order chi connectivity index (χ1) is 3.35. The lowest BCUT2D eigenvalue weighted by molar-refractivity contribution is 0.320. The quantitative estimate of drug-likeness (QED) is 0.258. The van der Waals surface area contributed by atoms with Gasteiger partial charge in [0.05, 0.1) is 0 Å². The van der Waals surface area contributed by atoms with Crippen LogP contribution >= 0.6 is 0 Å². The van der Waals surface area contributed by atoms with Crippen molar-refractivity contribution in [3.05, 3.63) is 0 Å². The number of nitriles is 2. The molecule has 0 fully saturated rings. The summed E-state index contributed by atoms with van der Waals surface area (Å²) in [4.78, 5) is 0. The van der Waals surface area contributed by atoms with Crippen LogP contribution in [0, 0.1) is 22.7 Å². The molecular weight excluding hydrogens is 94.1 g/mol. The first kappa shape index (κ1) is 5.45. The molecule has 7 heavy (non-hydrogen) atoms. The largest absolute Gasteiger partial charge is 0.409 e. The maximum Gasteiger partial charge on any atom is 0.255 e. The maximum absolute atomic E-state index is 7.76. The zero-order valence-corrected chi connectivity index (χ0v) is 3.29. The highest BCUT2D eigenvalue weighted by molar-refractivity contribution is 6.09. The first-order valence-electron chi connectivity index (χ1n) is 1.37. The lowest BCUT2D eigenvalue weighted by atomic mass is 10.5. The summed E-state index contributed by atoms with van der Waals surface area (Å²) in [5.74, 6) is 0. The van der Waals surface area contributed by atoms with Gasteiger partial charge in [0.15, 0.2) is 0 Å². The van der Waals surface area contributed by atoms with Gasteiger partial charge in [0.25, 0.3) is 5.71 Å². The zero-order valence-electron chi connectivity index (χ0n) is 3.29. The van der Waals surface area contributed by atoms with E-state index in [0.717, 1.165) is 0 Å². The minimum atomic E-state index is -0.528. The van der Waals surface area contributed by atoms with E-state index in [1.54, 1.807) is 0 Å². The molecule has 0 saturated carbocycles. The Morgan fingerprint density at radius 1 is 1.43 bits per heavy atom. The van der Waals surface area contributed by atoms with Gasteiger partial charge < -0.3 is 5.21 Å². The van der Waals surface area contributed by atoms with Gasteiger partial charge in [-0.2, -0.15) is 10.5 Å². The maximum atomic E-state index is 7.76. The number of hydrogen-bond acceptors (Lipinski definition) is 4. The van der Waals surface area contributed by atoms with Crippen LogP contribution in [0.2, 0.25) is 0 Å². The number of hydrogen-bond donors (Lipinski definition) is 1. The van der Waals surface area contributed by atoms with Gasteiger partial charge in [-0.1, -0.05) is 5.16 Å². The molecule has 0 unspecified atom stereocenters. The number of oxime groups is 1. The molecule has 0 aromatic heterocycles. The molecule has 0 aromatic carbocycles. The van der Waals surface area contributed by atoms with E-state index >= 15 is 0 Å². The molecule has 1 N–H and O–H groups in total. The average molecular weight is 95.1 g/mol. The molecule has 0 rings (SSSR count). The van der Waals surface area contributed by atoms with Crippen molar-refractivity contribution in [1.29, 1.82) is 10.5 Å². The molecule has 0 heterocycles. The van der Waals surface area contributed by atoms with Crippen molar-refractivity contribution in [3.8, 4) is 12.1 Å². The third-order valence-electron chi connectivity index (χ3n) is 0.312. The van der Waals surface area contributed by atoms with E-state index in [1.165, 1.54) is 12.1 Å². The monoisotopic (exact) mass is 95.0 g/mol. The van der Waals surface area contributed by atoms with Crippen LogP contribution in [-0.4, -0.2) is 10.9 Å². The van der Waals surface area contributed by atoms with Crippen LogP contribution in [0.3, 0.4) is 0 Å². The molecule has 0 aromatic rings. The van der Waals surface area contributed by atoms with Gasteiger partial charge in [-0.25, -0.2) is 0 Å². The summed E-state index contributed by atoms with van der Waals surface area (Å²) >= 11 is 0. The minimum absolute atomic E-state index is 0.528. The summed E-state index contributed by atoms with van der Waals surface area (Å²) in [6, 6.07) is 2.68. The summed E-state index contributed by atoms with van der Waals surface area (Å²) in [6.07, 6.45) is 0. The highest BCUT2D eigenvalue weighted by Crippen LogP contribution is 1.65. The second-order valence-electron chi connectivity index (χ2n) is 0.672. The van der Waals surface area contributed by atoms with Gasteiger partial charge in [0, 0.05) is 0 Å². The van der Waals surface area contributed by atoms with E-state index in [2.05, 4.69) is 5.16 Å². The standard InChI is InChI=1S/C3HN3O/c4-1-3(2-5)6-7/h7H. The normalized spacial score (nSPS) is 5.43. The highest BCUT2D eigenvalue weighted by atomic mass is 16.4. The van der Waals surface area contributed by atoms with Gasteiger partial charge in [-0.05, 0) is 0 Å². The Morgan fingerprint density at radius 3 is 1.86 bits per heavy atom. The molecule has 0 aliphatic rings. The van der Waals surface area contributed by atoms with Gasteiger partial charge in [0.2, 0.25) is 0 Å². The average Bonchev–Trinajstić information content (AvgIpc) is 1.72. The van der Waals surface area contributed by atoms with E-state index < -0.39 is 5.71 Å². The third kappa shape index (κ3) is 1.35. The van der Waals surface area contributed by atoms with Crippen LogP contribution < -0.4 is 0 Å². The van der Waals surface area contributed by atoms with Crippen molar-refractivity contribution in [3.63, 3.8) is 0 Å². The lowest BCUT2D eigenvalue weighted by Crippen LogP contribution is -1.84. The molecule has 0 saturated heterocycles. The van der Waals surface area contributed by atoms with E-state index in [0.29, 0.717) is 0 Å². The van der Waals surface area contributed by atoms with Crippen LogP contribution in [0.4, 0.5) is 0 Å². The Balaban J connectivity index is 4.03. The molecule has 4 heteroatoms. The molecule has 34 valence electrons. The summed E-state index contributed by atoms with van der Waals surface area (Å²) in [5, 5.41) is 25.5. The predicted octanol–water partition coefficient (Wildman–Crippen LogP) is -0.136. The second kappa shape index (κ2) is 2.67. The Kier molecular flexibility index (Phi) is 2.08. The topological polar surface area (TPSA) is 80.2 Å². The molecule has 0 aliphatic carbocycles. The fourth-order valence-corrected chi connectivity index (χ4v) is 0.0697. The van der Waals surface area contributed by atoms with Gasteiger partial charge in [-0.15, -0.1) is 0 Å². The van der Waals surface area contributed by atoms with Crippen molar-refractivity contribution in [2.24, 2.45) is 5.16 Å². The van der Waals surface area contributed by atoms with E-state index in [9.17, 15) is 0 Å². The predicted molar refractivity (Wildman–Crippen MR) is 20.4 cm³/mol. The van der Waals surface area contributed by atoms with Crippen LogP contribution in [-0.2, 0) is 0 Å². The molecule has 0 bridgehead atoms. The second-order valence-corrected chi connectivity index (χ2v) is 0.672. The summed E-state index contributed by atoms with van der Waals surface area (Å²) in [7, 11) is 0. The Morgan fingerprint density at radius 2 is 1.86 bits per heavy atom. The number of nitrogens with zero attached hydrogens (tertiary/aromatic N) is 3. The van der Waals surface area contributed by atoms with Crippen molar-refractivity contribution >= 4 is 5.71 Å². The first-order valence-corrected chi connectivity index (χ1v) is 1.37. The molecule has 4 nitrogen and oxygen atoms in total. The summed E-state index contributed by atoms with van der Waals surface area (Å²) in [5.41, 5.74) is -0.528. The molecule has 0 atom stereocenters. The minimum Gasteiger partial charge on any atom is -0.409 e. The SMILES string of the molecule is N#CC(C#N)=NO.